The molecule has 3 atom stereocenters. The summed E-state index contributed by atoms with van der Waals surface area (Å²) in [7, 11) is -1.94. The van der Waals surface area contributed by atoms with Crippen molar-refractivity contribution in [2.75, 3.05) is 25.0 Å². The van der Waals surface area contributed by atoms with Crippen molar-refractivity contribution in [2.45, 2.75) is 30.7 Å². The van der Waals surface area contributed by atoms with Crippen molar-refractivity contribution in [3.63, 3.8) is 0 Å². The van der Waals surface area contributed by atoms with E-state index in [-0.39, 0.29) is 28.4 Å². The summed E-state index contributed by atoms with van der Waals surface area (Å²) >= 11 is 0. The molecule has 1 N–H and O–H groups in total. The van der Waals surface area contributed by atoms with Gasteiger partial charge in [-0.1, -0.05) is 17.7 Å². The third-order valence-corrected chi connectivity index (χ3v) is 8.93. The van der Waals surface area contributed by atoms with Gasteiger partial charge in [0, 0.05) is 44.0 Å². The summed E-state index contributed by atoms with van der Waals surface area (Å²) in [5.74, 6) is 0.579. The molecular formula is C24H25N5O4S. The Labute approximate surface area is 197 Å². The molecule has 0 radical (unpaired) electrons. The topological polar surface area (TPSA) is 120 Å². The van der Waals surface area contributed by atoms with Crippen LogP contribution in [0.2, 0.25) is 0 Å². The van der Waals surface area contributed by atoms with E-state index in [2.05, 4.69) is 16.0 Å². The summed E-state index contributed by atoms with van der Waals surface area (Å²) in [5, 5.41) is 19.7. The van der Waals surface area contributed by atoms with E-state index in [4.69, 9.17) is 0 Å². The smallest absolute Gasteiger partial charge is 0.407 e. The van der Waals surface area contributed by atoms with Crippen molar-refractivity contribution >= 4 is 32.8 Å². The van der Waals surface area contributed by atoms with Crippen molar-refractivity contribution in [3.8, 4) is 6.07 Å². The Balaban J connectivity index is 1.51. The SMILES string of the molecule is Cc1ccc(S(=O)(=O)n2ccc3c(N(C)C4C[C@@H]5CN(C(=O)O)C[C@@H]5C4)c(C#N)cnc32)cc1. The second-order valence-corrected chi connectivity index (χ2v) is 11.1. The van der Waals surface area contributed by atoms with Crippen LogP contribution < -0.4 is 4.90 Å². The molecule has 1 unspecified atom stereocenters. The second kappa shape index (κ2) is 8.02. The number of pyridine rings is 1. The molecule has 9 nitrogen and oxygen atoms in total. The lowest BCUT2D eigenvalue weighted by molar-refractivity contribution is 0.152. The van der Waals surface area contributed by atoms with Crippen LogP contribution in [-0.4, -0.2) is 59.7 Å². The van der Waals surface area contributed by atoms with Crippen LogP contribution in [0.5, 0.6) is 0 Å². The third-order valence-electron chi connectivity index (χ3n) is 7.25. The van der Waals surface area contributed by atoms with E-state index in [0.29, 0.717) is 29.7 Å². The fourth-order valence-corrected chi connectivity index (χ4v) is 6.75. The van der Waals surface area contributed by atoms with Crippen molar-refractivity contribution in [2.24, 2.45) is 11.8 Å². The minimum Gasteiger partial charge on any atom is -0.465 e. The van der Waals surface area contributed by atoms with E-state index >= 15 is 0 Å². The Hall–Kier alpha value is -3.58. The van der Waals surface area contributed by atoms with Crippen LogP contribution in [-0.2, 0) is 10.0 Å². The van der Waals surface area contributed by atoms with E-state index in [9.17, 15) is 23.6 Å². The van der Waals surface area contributed by atoms with Gasteiger partial charge in [0.05, 0.1) is 16.1 Å². The first-order valence-electron chi connectivity index (χ1n) is 11.1. The van der Waals surface area contributed by atoms with Gasteiger partial charge in [0.25, 0.3) is 10.0 Å². The van der Waals surface area contributed by atoms with E-state index in [1.54, 1.807) is 30.3 Å². The van der Waals surface area contributed by atoms with Crippen LogP contribution >= 0.6 is 0 Å². The number of fused-ring (bicyclic) bond motifs is 2. The fraction of sp³-hybridized carbons (Fsp3) is 0.375. The first kappa shape index (κ1) is 22.2. The zero-order valence-electron chi connectivity index (χ0n) is 18.9. The first-order chi connectivity index (χ1) is 16.2. The molecule has 0 spiro atoms. The molecule has 176 valence electrons. The lowest BCUT2D eigenvalue weighted by Crippen LogP contribution is -2.34. The Morgan fingerprint density at radius 3 is 2.41 bits per heavy atom. The van der Waals surface area contributed by atoms with E-state index in [1.807, 2.05) is 14.0 Å². The van der Waals surface area contributed by atoms with Gasteiger partial charge in [0.15, 0.2) is 5.65 Å². The number of hydrogen-bond acceptors (Lipinski definition) is 6. The fourth-order valence-electron chi connectivity index (χ4n) is 5.45. The Morgan fingerprint density at radius 2 is 1.82 bits per heavy atom. The van der Waals surface area contributed by atoms with Crippen molar-refractivity contribution in [3.05, 3.63) is 53.9 Å². The normalized spacial score (nSPS) is 22.0. The maximum absolute atomic E-state index is 13.3. The van der Waals surface area contributed by atoms with E-state index in [1.165, 1.54) is 21.3 Å². The molecule has 0 bridgehead atoms. The molecule has 3 aromatic rings. The molecule has 1 aliphatic heterocycles. The third kappa shape index (κ3) is 3.47. The molecule has 1 aliphatic carbocycles. The number of aryl methyl sites for hydroxylation is 1. The van der Waals surface area contributed by atoms with Gasteiger partial charge >= 0.3 is 6.09 Å². The number of carboxylic acid groups (broad SMARTS) is 1. The molecule has 1 aromatic carbocycles. The van der Waals surface area contributed by atoms with Crippen LogP contribution in [0.1, 0.15) is 24.0 Å². The Morgan fingerprint density at radius 1 is 1.18 bits per heavy atom. The van der Waals surface area contributed by atoms with Crippen molar-refractivity contribution in [1.82, 2.24) is 13.9 Å². The zero-order chi connectivity index (χ0) is 24.2. The lowest BCUT2D eigenvalue weighted by atomic mass is 10.0. The number of amides is 1. The van der Waals surface area contributed by atoms with Gasteiger partial charge in [-0.15, -0.1) is 0 Å². The van der Waals surface area contributed by atoms with E-state index < -0.39 is 16.1 Å². The highest BCUT2D eigenvalue weighted by Gasteiger charge is 2.44. The predicted octanol–water partition coefficient (Wildman–Crippen LogP) is 3.28. The molecule has 10 heteroatoms. The molecule has 1 saturated heterocycles. The monoisotopic (exact) mass is 479 g/mol. The number of anilines is 1. The molecule has 34 heavy (non-hydrogen) atoms. The number of likely N-dealkylation sites (tertiary alicyclic amines) is 1. The Bertz CT molecular complexity index is 1410. The van der Waals surface area contributed by atoms with Gasteiger partial charge in [-0.2, -0.15) is 5.26 Å². The summed E-state index contributed by atoms with van der Waals surface area (Å²) in [6.07, 6.45) is 3.68. The Kier molecular flexibility index (Phi) is 5.24. The molecule has 3 heterocycles. The highest BCUT2D eigenvalue weighted by atomic mass is 32.2. The van der Waals surface area contributed by atoms with E-state index in [0.717, 1.165) is 18.4 Å². The van der Waals surface area contributed by atoms with Gasteiger partial charge in [0.1, 0.15) is 6.07 Å². The average Bonchev–Trinajstić information content (AvgIpc) is 3.51. The van der Waals surface area contributed by atoms with Gasteiger partial charge in [-0.3, -0.25) is 0 Å². The van der Waals surface area contributed by atoms with Crippen LogP contribution in [0.15, 0.2) is 47.6 Å². The molecular weight excluding hydrogens is 454 g/mol. The molecule has 2 fully saturated rings. The van der Waals surface area contributed by atoms with Gasteiger partial charge < -0.3 is 14.9 Å². The predicted molar refractivity (Wildman–Crippen MR) is 126 cm³/mol. The van der Waals surface area contributed by atoms with Crippen molar-refractivity contribution in [1.29, 1.82) is 5.26 Å². The first-order valence-corrected chi connectivity index (χ1v) is 12.6. The molecule has 1 amide bonds. The summed E-state index contributed by atoms with van der Waals surface area (Å²) in [6, 6.07) is 10.7. The highest BCUT2D eigenvalue weighted by Crippen LogP contribution is 2.42. The number of rotatable bonds is 4. The van der Waals surface area contributed by atoms with Crippen LogP contribution in [0, 0.1) is 30.1 Å². The number of aromatic nitrogens is 2. The standard InChI is InChI=1S/C24H25N5O4S/c1-15-3-5-20(6-4-15)34(32,33)29-8-7-21-22(18(11-25)12-26-23(21)29)27(2)19-9-16-13-28(24(30)31)14-17(16)10-19/h3-8,12,16-17,19H,9-10,13-14H2,1-2H3,(H,30,31)/t16-,17+,19?. The maximum Gasteiger partial charge on any atom is 0.407 e. The highest BCUT2D eigenvalue weighted by molar-refractivity contribution is 7.90. The lowest BCUT2D eigenvalue weighted by Gasteiger charge is -2.29. The average molecular weight is 480 g/mol. The quantitative estimate of drug-likeness (QED) is 0.610. The largest absolute Gasteiger partial charge is 0.465 e. The summed E-state index contributed by atoms with van der Waals surface area (Å²) in [6.45, 7) is 2.96. The minimum absolute atomic E-state index is 0.126. The summed E-state index contributed by atoms with van der Waals surface area (Å²) < 4.78 is 27.8. The number of nitriles is 1. The van der Waals surface area contributed by atoms with Crippen LogP contribution in [0.25, 0.3) is 11.0 Å². The van der Waals surface area contributed by atoms with Gasteiger partial charge in [-0.25, -0.2) is 22.2 Å². The maximum atomic E-state index is 13.3. The molecule has 1 saturated carbocycles. The number of carbonyl (C=O) groups is 1. The number of benzene rings is 1. The molecule has 2 aromatic heterocycles. The van der Waals surface area contributed by atoms with Crippen LogP contribution in [0.3, 0.4) is 0 Å². The summed E-state index contributed by atoms with van der Waals surface area (Å²) in [4.78, 5) is 19.4. The second-order valence-electron chi connectivity index (χ2n) is 9.24. The number of nitrogens with zero attached hydrogens (tertiary/aromatic N) is 5. The number of hydrogen-bond donors (Lipinski definition) is 1. The van der Waals surface area contributed by atoms with Gasteiger partial charge in [0.2, 0.25) is 0 Å². The molecule has 2 aliphatic rings. The zero-order valence-corrected chi connectivity index (χ0v) is 19.7. The van der Waals surface area contributed by atoms with Gasteiger partial charge in [-0.05, 0) is 49.8 Å². The molecule has 5 rings (SSSR count). The van der Waals surface area contributed by atoms with Crippen molar-refractivity contribution < 1.29 is 18.3 Å². The minimum atomic E-state index is -3.86. The summed E-state index contributed by atoms with van der Waals surface area (Å²) in [5.41, 5.74) is 2.27. The van der Waals surface area contributed by atoms with Crippen LogP contribution in [0.4, 0.5) is 10.5 Å².